The van der Waals surface area contributed by atoms with Gasteiger partial charge >= 0.3 is 22.5 Å². The molecule has 4 rings (SSSR count). The fourth-order valence-corrected chi connectivity index (χ4v) is 3.85. The summed E-state index contributed by atoms with van der Waals surface area (Å²) >= 11 is 6.39. The van der Waals surface area contributed by atoms with Crippen molar-refractivity contribution in [2.75, 3.05) is 0 Å². The molecule has 0 aliphatic heterocycles. The molecular weight excluding hydrogens is 424 g/mol. The minimum atomic E-state index is -0.796. The lowest BCUT2D eigenvalue weighted by molar-refractivity contribution is 0.499. The lowest BCUT2D eigenvalue weighted by Gasteiger charge is -2.02. The Hall–Kier alpha value is -2.06. The number of hydrogen-bond acceptors (Lipinski definition) is 6. The number of fused-ring (bicyclic) bond motifs is 5. The minimum Gasteiger partial charge on any atom is -0.386 e. The van der Waals surface area contributed by atoms with Crippen LogP contribution in [0.4, 0.5) is 0 Å². The number of rotatable bonds is 0. The van der Waals surface area contributed by atoms with Gasteiger partial charge in [0.2, 0.25) is 0 Å². The second-order valence-electron chi connectivity index (χ2n) is 4.67. The molecule has 4 aromatic rings. The van der Waals surface area contributed by atoms with E-state index in [9.17, 15) is 19.2 Å². The van der Waals surface area contributed by atoms with Crippen LogP contribution in [0.2, 0.25) is 0 Å². The first-order valence-corrected chi connectivity index (χ1v) is 7.50. The molecule has 0 saturated heterocycles. The lowest BCUT2D eigenvalue weighted by atomic mass is 10.0. The van der Waals surface area contributed by atoms with Crippen molar-refractivity contribution in [2.24, 2.45) is 0 Å². The summed E-state index contributed by atoms with van der Waals surface area (Å²) in [7, 11) is 0. The Morgan fingerprint density at radius 3 is 1.27 bits per heavy atom. The summed E-state index contributed by atoms with van der Waals surface area (Å²) in [6, 6.07) is 3.00. The quantitative estimate of drug-likeness (QED) is 0.428. The van der Waals surface area contributed by atoms with Gasteiger partial charge in [0.05, 0.1) is 21.5 Å². The monoisotopic (exact) mass is 424 g/mol. The summed E-state index contributed by atoms with van der Waals surface area (Å²) in [4.78, 5) is 47.4. The normalized spacial score (nSPS) is 11.9. The molecule has 0 bridgehead atoms. The van der Waals surface area contributed by atoms with E-state index in [4.69, 9.17) is 0 Å². The average molecular weight is 426 g/mol. The third-order valence-corrected chi connectivity index (χ3v) is 4.79. The van der Waals surface area contributed by atoms with Gasteiger partial charge in [0.25, 0.3) is 0 Å². The van der Waals surface area contributed by atoms with E-state index in [1.807, 2.05) is 0 Å². The minimum absolute atomic E-state index is 0.0602. The Bertz CT molecular complexity index is 1210. The maximum absolute atomic E-state index is 11.9. The topological polar surface area (TPSA) is 94.6 Å². The predicted molar refractivity (Wildman–Crippen MR) is 86.3 cm³/mol. The van der Waals surface area contributed by atoms with Crippen molar-refractivity contribution < 1.29 is 8.83 Å². The molecule has 0 spiro atoms. The Labute approximate surface area is 135 Å². The van der Waals surface area contributed by atoms with Gasteiger partial charge in [-0.15, -0.1) is 0 Å². The van der Waals surface area contributed by atoms with Gasteiger partial charge in [-0.2, -0.15) is 0 Å². The van der Waals surface area contributed by atoms with Crippen LogP contribution < -0.4 is 22.5 Å². The zero-order valence-electron chi connectivity index (χ0n) is 10.4. The van der Waals surface area contributed by atoms with Crippen LogP contribution in [0.15, 0.2) is 49.1 Å². The van der Waals surface area contributed by atoms with Gasteiger partial charge in [-0.1, -0.05) is 0 Å². The highest BCUT2D eigenvalue weighted by atomic mass is 79.9. The molecule has 0 amide bonds. The molecule has 2 heterocycles. The molecule has 6 nitrogen and oxygen atoms in total. The van der Waals surface area contributed by atoms with Crippen LogP contribution in [-0.2, 0) is 0 Å². The summed E-state index contributed by atoms with van der Waals surface area (Å²) in [5, 5.41) is 0.997. The van der Waals surface area contributed by atoms with Gasteiger partial charge in [-0.05, 0) is 54.8 Å². The largest absolute Gasteiger partial charge is 0.386 e. The Balaban J connectivity index is 2.53. The van der Waals surface area contributed by atoms with Crippen molar-refractivity contribution in [1.29, 1.82) is 0 Å². The van der Waals surface area contributed by atoms with Gasteiger partial charge < -0.3 is 8.83 Å². The molecule has 2 aromatic carbocycles. The van der Waals surface area contributed by atoms with E-state index >= 15 is 0 Å². The molecule has 0 radical (unpaired) electrons. The first kappa shape index (κ1) is 13.6. The van der Waals surface area contributed by atoms with Crippen LogP contribution in [-0.4, -0.2) is 0 Å². The summed E-state index contributed by atoms with van der Waals surface area (Å²) in [5.74, 6) is 0. The van der Waals surface area contributed by atoms with E-state index < -0.39 is 22.5 Å². The van der Waals surface area contributed by atoms with Crippen molar-refractivity contribution in [3.63, 3.8) is 0 Å². The van der Waals surface area contributed by atoms with E-state index in [0.717, 1.165) is 0 Å². The SMILES string of the molecule is O=c1oc(=O)c2c1c(Br)cc1c2cc(Br)c2c(=O)oc(=O)c21. The van der Waals surface area contributed by atoms with Crippen molar-refractivity contribution in [2.45, 2.75) is 0 Å². The van der Waals surface area contributed by atoms with Crippen LogP contribution in [0.25, 0.3) is 32.3 Å². The molecular formula is C14H2Br2O6. The molecule has 0 saturated carbocycles. The molecule has 108 valence electrons. The summed E-state index contributed by atoms with van der Waals surface area (Å²) in [6.45, 7) is 0. The Kier molecular flexibility index (Phi) is 2.62. The van der Waals surface area contributed by atoms with E-state index in [1.54, 1.807) is 0 Å². The second-order valence-corrected chi connectivity index (χ2v) is 6.37. The highest BCUT2D eigenvalue weighted by Gasteiger charge is 2.22. The molecule has 2 aromatic heterocycles. The molecule has 0 unspecified atom stereocenters. The highest BCUT2D eigenvalue weighted by Crippen LogP contribution is 2.35. The third kappa shape index (κ3) is 1.53. The standard InChI is InChI=1S/C14H2Br2O6/c15-5-1-3-4(8-9(5)13(19)22-12(8)18)2-6(16)10-7(3)11(17)21-14(10)20/h1-2H. The van der Waals surface area contributed by atoms with Crippen LogP contribution in [0, 0.1) is 0 Å². The third-order valence-electron chi connectivity index (χ3n) is 3.54. The molecule has 8 heteroatoms. The fourth-order valence-electron chi connectivity index (χ4n) is 2.67. The second kappa shape index (κ2) is 4.23. The molecule has 0 aliphatic carbocycles. The van der Waals surface area contributed by atoms with Gasteiger partial charge in [0.15, 0.2) is 0 Å². The molecule has 0 fully saturated rings. The van der Waals surface area contributed by atoms with Crippen molar-refractivity contribution in [3.8, 4) is 0 Å². The Morgan fingerprint density at radius 2 is 0.909 bits per heavy atom. The number of furan rings is 2. The van der Waals surface area contributed by atoms with Gasteiger partial charge in [-0.3, -0.25) is 0 Å². The van der Waals surface area contributed by atoms with Crippen LogP contribution in [0.1, 0.15) is 0 Å². The lowest BCUT2D eigenvalue weighted by Crippen LogP contribution is -1.96. The zero-order chi connectivity index (χ0) is 15.8. The maximum Gasteiger partial charge on any atom is 0.348 e. The molecule has 0 aliphatic rings. The molecule has 0 atom stereocenters. The summed E-state index contributed by atoms with van der Waals surface area (Å²) in [6.07, 6.45) is 0. The smallest absolute Gasteiger partial charge is 0.348 e. The summed E-state index contributed by atoms with van der Waals surface area (Å²) in [5.41, 5.74) is -3.11. The van der Waals surface area contributed by atoms with E-state index in [2.05, 4.69) is 40.7 Å². The fraction of sp³-hybridized carbons (Fsp3) is 0. The average Bonchev–Trinajstić information content (AvgIpc) is 2.90. The van der Waals surface area contributed by atoms with Crippen LogP contribution in [0.3, 0.4) is 0 Å². The van der Waals surface area contributed by atoms with Gasteiger partial charge in [0, 0.05) is 8.95 Å². The zero-order valence-corrected chi connectivity index (χ0v) is 13.5. The number of halogens is 2. The number of hydrogen-bond donors (Lipinski definition) is 0. The summed E-state index contributed by atoms with van der Waals surface area (Å²) < 4.78 is 9.86. The molecule has 0 N–H and O–H groups in total. The van der Waals surface area contributed by atoms with Crippen LogP contribution in [0.5, 0.6) is 0 Å². The first-order valence-electron chi connectivity index (χ1n) is 5.92. The number of benzene rings is 2. The van der Waals surface area contributed by atoms with Crippen LogP contribution >= 0.6 is 31.9 Å². The van der Waals surface area contributed by atoms with Gasteiger partial charge in [0.1, 0.15) is 0 Å². The predicted octanol–water partition coefficient (Wildman–Crippen LogP) is 2.17. The Morgan fingerprint density at radius 1 is 0.591 bits per heavy atom. The van der Waals surface area contributed by atoms with Crippen molar-refractivity contribution in [1.82, 2.24) is 0 Å². The first-order chi connectivity index (χ1) is 10.4. The van der Waals surface area contributed by atoms with Crippen molar-refractivity contribution >= 4 is 64.2 Å². The van der Waals surface area contributed by atoms with E-state index in [1.165, 1.54) is 12.1 Å². The van der Waals surface area contributed by atoms with E-state index in [0.29, 0.717) is 19.7 Å². The maximum atomic E-state index is 11.9. The highest BCUT2D eigenvalue weighted by molar-refractivity contribution is 9.11. The van der Waals surface area contributed by atoms with Gasteiger partial charge in [-0.25, -0.2) is 19.2 Å². The molecule has 22 heavy (non-hydrogen) atoms. The van der Waals surface area contributed by atoms with E-state index in [-0.39, 0.29) is 21.5 Å². The van der Waals surface area contributed by atoms with Crippen molar-refractivity contribution in [3.05, 3.63) is 62.8 Å².